The Kier molecular flexibility index (Phi) is 6.68. The number of rotatable bonds is 6. The van der Waals surface area contributed by atoms with Crippen LogP contribution in [0.25, 0.3) is 0 Å². The Balaban J connectivity index is 2.10. The lowest BCUT2D eigenvalue weighted by Gasteiger charge is -2.11. The standard InChI is InChI=1S/C17H18ClNOS2/c1-3-12(2)21-22-16-7-5-4-6-15(16)17(20)19-14-10-8-13(18)9-11-14/h4-12H,3H2,1-2H3,(H,19,20)/t12-/m1/s1. The first-order chi connectivity index (χ1) is 10.6. The molecule has 0 bridgehead atoms. The normalized spacial score (nSPS) is 12.0. The van der Waals surface area contributed by atoms with Gasteiger partial charge in [0.1, 0.15) is 0 Å². The lowest BCUT2D eigenvalue weighted by molar-refractivity contribution is 0.102. The van der Waals surface area contributed by atoms with E-state index in [1.807, 2.05) is 24.3 Å². The smallest absolute Gasteiger partial charge is 0.256 e. The van der Waals surface area contributed by atoms with Crippen LogP contribution in [0.2, 0.25) is 5.02 Å². The number of amides is 1. The number of carbonyl (C=O) groups excluding carboxylic acids is 1. The molecule has 5 heteroatoms. The molecule has 2 aromatic rings. The predicted molar refractivity (Wildman–Crippen MR) is 99.0 cm³/mol. The lowest BCUT2D eigenvalue weighted by atomic mass is 10.2. The zero-order valence-electron chi connectivity index (χ0n) is 12.5. The molecule has 22 heavy (non-hydrogen) atoms. The van der Waals surface area contributed by atoms with Gasteiger partial charge in [-0.3, -0.25) is 4.79 Å². The first kappa shape index (κ1) is 17.3. The quantitative estimate of drug-likeness (QED) is 0.634. The molecule has 0 saturated heterocycles. The van der Waals surface area contributed by atoms with Crippen LogP contribution < -0.4 is 5.32 Å². The highest BCUT2D eigenvalue weighted by Crippen LogP contribution is 2.37. The zero-order chi connectivity index (χ0) is 15.9. The van der Waals surface area contributed by atoms with E-state index in [4.69, 9.17) is 11.6 Å². The molecule has 0 spiro atoms. The van der Waals surface area contributed by atoms with Crippen molar-refractivity contribution in [1.82, 2.24) is 0 Å². The highest BCUT2D eigenvalue weighted by molar-refractivity contribution is 8.77. The maximum atomic E-state index is 12.5. The van der Waals surface area contributed by atoms with Crippen LogP contribution in [0.15, 0.2) is 53.4 Å². The SMILES string of the molecule is CC[C@@H](C)SSc1ccccc1C(=O)Nc1ccc(Cl)cc1. The Bertz CT molecular complexity index is 631. The average Bonchev–Trinajstić information content (AvgIpc) is 2.55. The van der Waals surface area contributed by atoms with E-state index < -0.39 is 0 Å². The molecule has 116 valence electrons. The van der Waals surface area contributed by atoms with Crippen molar-refractivity contribution in [2.45, 2.75) is 30.4 Å². The summed E-state index contributed by atoms with van der Waals surface area (Å²) in [4.78, 5) is 13.5. The van der Waals surface area contributed by atoms with Crippen LogP contribution in [0, 0.1) is 0 Å². The van der Waals surface area contributed by atoms with Crippen LogP contribution in [0.1, 0.15) is 30.6 Å². The van der Waals surface area contributed by atoms with Gasteiger partial charge in [0.05, 0.1) is 5.56 Å². The van der Waals surface area contributed by atoms with E-state index in [0.29, 0.717) is 15.8 Å². The summed E-state index contributed by atoms with van der Waals surface area (Å²) in [7, 11) is 3.44. The number of halogens is 1. The van der Waals surface area contributed by atoms with Gasteiger partial charge in [-0.15, -0.1) is 0 Å². The van der Waals surface area contributed by atoms with Gasteiger partial charge in [-0.2, -0.15) is 0 Å². The molecule has 1 atom stereocenters. The van der Waals surface area contributed by atoms with Gasteiger partial charge >= 0.3 is 0 Å². The molecular formula is C17H18ClNOS2. The maximum Gasteiger partial charge on any atom is 0.256 e. The fourth-order valence-corrected chi connectivity index (χ4v) is 4.22. The number of nitrogens with one attached hydrogen (secondary N) is 1. The van der Waals surface area contributed by atoms with Gasteiger partial charge in [0.25, 0.3) is 5.91 Å². The van der Waals surface area contributed by atoms with Crippen LogP contribution in [0.4, 0.5) is 5.69 Å². The van der Waals surface area contributed by atoms with E-state index in [1.165, 1.54) is 0 Å². The molecule has 0 aliphatic carbocycles. The van der Waals surface area contributed by atoms with E-state index in [9.17, 15) is 4.79 Å². The summed E-state index contributed by atoms with van der Waals surface area (Å²) in [6, 6.07) is 14.8. The summed E-state index contributed by atoms with van der Waals surface area (Å²) >= 11 is 5.86. The summed E-state index contributed by atoms with van der Waals surface area (Å²) in [5, 5.41) is 4.11. The summed E-state index contributed by atoms with van der Waals surface area (Å²) in [6.07, 6.45) is 1.11. The third-order valence-electron chi connectivity index (χ3n) is 3.11. The molecule has 0 radical (unpaired) electrons. The molecule has 1 N–H and O–H groups in total. The van der Waals surface area contributed by atoms with Crippen LogP contribution in [-0.2, 0) is 0 Å². The minimum Gasteiger partial charge on any atom is -0.322 e. The van der Waals surface area contributed by atoms with Crippen LogP contribution in [-0.4, -0.2) is 11.2 Å². The first-order valence-corrected chi connectivity index (χ1v) is 9.68. The summed E-state index contributed by atoms with van der Waals surface area (Å²) < 4.78 is 0. The second-order valence-electron chi connectivity index (χ2n) is 4.86. The largest absolute Gasteiger partial charge is 0.322 e. The van der Waals surface area contributed by atoms with E-state index in [0.717, 1.165) is 17.0 Å². The third kappa shape index (κ3) is 4.97. The fourth-order valence-electron chi connectivity index (χ4n) is 1.66. The van der Waals surface area contributed by atoms with Crippen LogP contribution in [0.3, 0.4) is 0 Å². The molecule has 2 rings (SSSR count). The van der Waals surface area contributed by atoms with Crippen LogP contribution in [0.5, 0.6) is 0 Å². The molecule has 0 unspecified atom stereocenters. The summed E-state index contributed by atoms with van der Waals surface area (Å²) in [5.74, 6) is -0.102. The number of hydrogen-bond donors (Lipinski definition) is 1. The Labute approximate surface area is 144 Å². The molecule has 0 fully saturated rings. The number of anilines is 1. The number of hydrogen-bond acceptors (Lipinski definition) is 3. The van der Waals surface area contributed by atoms with Crippen molar-refractivity contribution in [3.8, 4) is 0 Å². The van der Waals surface area contributed by atoms with Gasteiger partial charge in [0.2, 0.25) is 0 Å². The average molecular weight is 352 g/mol. The maximum absolute atomic E-state index is 12.5. The number of carbonyl (C=O) groups is 1. The topological polar surface area (TPSA) is 29.1 Å². The van der Waals surface area contributed by atoms with Crippen molar-refractivity contribution in [3.63, 3.8) is 0 Å². The second kappa shape index (κ2) is 8.51. The van der Waals surface area contributed by atoms with Gasteiger partial charge in [0, 0.05) is 20.9 Å². The zero-order valence-corrected chi connectivity index (χ0v) is 14.9. The predicted octanol–water partition coefficient (Wildman–Crippen LogP) is 6.13. The van der Waals surface area contributed by atoms with E-state index in [-0.39, 0.29) is 5.91 Å². The molecule has 0 aliphatic rings. The summed E-state index contributed by atoms with van der Waals surface area (Å²) in [6.45, 7) is 4.35. The Hall–Kier alpha value is -1.10. The van der Waals surface area contributed by atoms with Crippen molar-refractivity contribution >= 4 is 44.8 Å². The lowest BCUT2D eigenvalue weighted by Crippen LogP contribution is -2.12. The number of benzene rings is 2. The van der Waals surface area contributed by atoms with E-state index >= 15 is 0 Å². The van der Waals surface area contributed by atoms with E-state index in [1.54, 1.807) is 45.9 Å². The second-order valence-corrected chi connectivity index (χ2v) is 7.97. The van der Waals surface area contributed by atoms with Crippen molar-refractivity contribution in [1.29, 1.82) is 0 Å². The fraction of sp³-hybridized carbons (Fsp3) is 0.235. The minimum atomic E-state index is -0.102. The van der Waals surface area contributed by atoms with Gasteiger partial charge in [-0.1, -0.05) is 59.2 Å². The van der Waals surface area contributed by atoms with Gasteiger partial charge in [-0.05, 0) is 42.8 Å². The van der Waals surface area contributed by atoms with E-state index in [2.05, 4.69) is 19.2 Å². The molecular weight excluding hydrogens is 334 g/mol. The Morgan fingerprint density at radius 2 is 1.86 bits per heavy atom. The molecule has 0 heterocycles. The van der Waals surface area contributed by atoms with Crippen molar-refractivity contribution in [2.24, 2.45) is 0 Å². The van der Waals surface area contributed by atoms with Crippen LogP contribution >= 0.6 is 33.2 Å². The minimum absolute atomic E-state index is 0.102. The molecule has 0 aliphatic heterocycles. The first-order valence-electron chi connectivity index (χ1n) is 7.09. The molecule has 1 amide bonds. The monoisotopic (exact) mass is 351 g/mol. The molecule has 0 saturated carbocycles. The molecule has 0 aromatic heterocycles. The van der Waals surface area contributed by atoms with Gasteiger partial charge in [-0.25, -0.2) is 0 Å². The highest BCUT2D eigenvalue weighted by Gasteiger charge is 2.13. The van der Waals surface area contributed by atoms with Gasteiger partial charge < -0.3 is 5.32 Å². The van der Waals surface area contributed by atoms with Crippen molar-refractivity contribution in [2.75, 3.05) is 5.32 Å². The van der Waals surface area contributed by atoms with Crippen molar-refractivity contribution in [3.05, 3.63) is 59.1 Å². The third-order valence-corrected chi connectivity index (χ3v) is 6.47. The van der Waals surface area contributed by atoms with Gasteiger partial charge in [0.15, 0.2) is 0 Å². The highest BCUT2D eigenvalue weighted by atomic mass is 35.5. The Morgan fingerprint density at radius 1 is 1.18 bits per heavy atom. The van der Waals surface area contributed by atoms with Crippen molar-refractivity contribution < 1.29 is 4.79 Å². The molecule has 2 aromatic carbocycles. The Morgan fingerprint density at radius 3 is 2.55 bits per heavy atom. The summed E-state index contributed by atoms with van der Waals surface area (Å²) in [5.41, 5.74) is 1.43. The molecule has 2 nitrogen and oxygen atoms in total.